The van der Waals surface area contributed by atoms with Crippen LogP contribution in [0.15, 0.2) is 0 Å². The Bertz CT molecular complexity index is 195. The minimum atomic E-state index is 0.228. The van der Waals surface area contributed by atoms with Gasteiger partial charge in [-0.2, -0.15) is 0 Å². The van der Waals surface area contributed by atoms with E-state index >= 15 is 0 Å². The molecule has 0 spiro atoms. The van der Waals surface area contributed by atoms with Crippen molar-refractivity contribution in [3.05, 3.63) is 0 Å². The normalized spacial score (nSPS) is 17.5. The maximum Gasteiger partial charge on any atom is 0.236 e. The highest BCUT2D eigenvalue weighted by molar-refractivity contribution is 5.78. The maximum absolute atomic E-state index is 11.4. The Labute approximate surface area is 92.0 Å². The third-order valence-corrected chi connectivity index (χ3v) is 2.46. The average molecular weight is 214 g/mol. The molecule has 0 unspecified atom stereocenters. The Morgan fingerprint density at radius 2 is 2.27 bits per heavy atom. The van der Waals surface area contributed by atoms with Crippen molar-refractivity contribution in [1.82, 2.24) is 10.2 Å². The van der Waals surface area contributed by atoms with Crippen LogP contribution in [-0.4, -0.2) is 49.7 Å². The van der Waals surface area contributed by atoms with Crippen molar-refractivity contribution in [1.29, 1.82) is 0 Å². The lowest BCUT2D eigenvalue weighted by Gasteiger charge is -2.27. The zero-order valence-corrected chi connectivity index (χ0v) is 9.79. The molecule has 1 aliphatic rings. The summed E-state index contributed by atoms with van der Waals surface area (Å²) in [6.07, 6.45) is 2.39. The number of nitrogens with one attached hydrogen (secondary N) is 1. The smallest absolute Gasteiger partial charge is 0.236 e. The first-order valence-electron chi connectivity index (χ1n) is 5.80. The molecule has 1 heterocycles. The number of carbonyl (C=O) groups is 1. The molecule has 0 aromatic rings. The standard InChI is InChI=1S/C11H22N2O2/c1-10(2)15-8-4-3-6-13-7-5-12-9-11(13)14/h10,12H,3-9H2,1-2H3. The number of nitrogens with zero attached hydrogens (tertiary/aromatic N) is 1. The van der Waals surface area contributed by atoms with E-state index in [9.17, 15) is 4.79 Å². The van der Waals surface area contributed by atoms with E-state index in [2.05, 4.69) is 5.32 Å². The number of hydrogen-bond donors (Lipinski definition) is 1. The van der Waals surface area contributed by atoms with E-state index in [-0.39, 0.29) is 5.91 Å². The largest absolute Gasteiger partial charge is 0.379 e. The molecule has 15 heavy (non-hydrogen) atoms. The monoisotopic (exact) mass is 214 g/mol. The van der Waals surface area contributed by atoms with Gasteiger partial charge in [0, 0.05) is 26.2 Å². The minimum Gasteiger partial charge on any atom is -0.379 e. The van der Waals surface area contributed by atoms with Crippen LogP contribution in [0.1, 0.15) is 26.7 Å². The van der Waals surface area contributed by atoms with E-state index in [0.29, 0.717) is 12.6 Å². The molecule has 1 saturated heterocycles. The number of hydrogen-bond acceptors (Lipinski definition) is 3. The molecule has 0 atom stereocenters. The summed E-state index contributed by atoms with van der Waals surface area (Å²) in [5.41, 5.74) is 0. The fraction of sp³-hybridized carbons (Fsp3) is 0.909. The first-order valence-corrected chi connectivity index (χ1v) is 5.80. The third kappa shape index (κ3) is 5.14. The van der Waals surface area contributed by atoms with Gasteiger partial charge in [-0.15, -0.1) is 0 Å². The topological polar surface area (TPSA) is 41.6 Å². The summed E-state index contributed by atoms with van der Waals surface area (Å²) in [4.78, 5) is 13.3. The summed E-state index contributed by atoms with van der Waals surface area (Å²) in [6, 6.07) is 0. The van der Waals surface area contributed by atoms with Gasteiger partial charge in [0.05, 0.1) is 12.6 Å². The molecular weight excluding hydrogens is 192 g/mol. The van der Waals surface area contributed by atoms with Crippen LogP contribution >= 0.6 is 0 Å². The van der Waals surface area contributed by atoms with E-state index in [4.69, 9.17) is 4.74 Å². The summed E-state index contributed by atoms with van der Waals surface area (Å²) >= 11 is 0. The fourth-order valence-corrected chi connectivity index (χ4v) is 1.61. The van der Waals surface area contributed by atoms with Crippen molar-refractivity contribution in [3.63, 3.8) is 0 Å². The predicted molar refractivity (Wildman–Crippen MR) is 59.8 cm³/mol. The van der Waals surface area contributed by atoms with Crippen molar-refractivity contribution in [2.24, 2.45) is 0 Å². The third-order valence-electron chi connectivity index (χ3n) is 2.46. The molecule has 88 valence electrons. The lowest BCUT2D eigenvalue weighted by Crippen LogP contribution is -2.48. The number of amides is 1. The van der Waals surface area contributed by atoms with Gasteiger partial charge >= 0.3 is 0 Å². The Morgan fingerprint density at radius 3 is 2.93 bits per heavy atom. The first-order chi connectivity index (χ1) is 7.20. The molecule has 1 rings (SSSR count). The molecule has 0 radical (unpaired) electrons. The lowest BCUT2D eigenvalue weighted by molar-refractivity contribution is -0.132. The van der Waals surface area contributed by atoms with Gasteiger partial charge in [-0.25, -0.2) is 0 Å². The van der Waals surface area contributed by atoms with Gasteiger partial charge in [-0.1, -0.05) is 0 Å². The molecule has 0 aromatic carbocycles. The van der Waals surface area contributed by atoms with E-state index < -0.39 is 0 Å². The van der Waals surface area contributed by atoms with Gasteiger partial charge in [-0.05, 0) is 26.7 Å². The van der Waals surface area contributed by atoms with E-state index in [0.717, 1.165) is 39.1 Å². The first kappa shape index (κ1) is 12.5. The second-order valence-corrected chi connectivity index (χ2v) is 4.18. The molecule has 0 aliphatic carbocycles. The summed E-state index contributed by atoms with van der Waals surface area (Å²) < 4.78 is 5.44. The van der Waals surface area contributed by atoms with Gasteiger partial charge in [-0.3, -0.25) is 4.79 Å². The zero-order chi connectivity index (χ0) is 11.1. The highest BCUT2D eigenvalue weighted by Crippen LogP contribution is 2.00. The van der Waals surface area contributed by atoms with Gasteiger partial charge in [0.15, 0.2) is 0 Å². The van der Waals surface area contributed by atoms with Gasteiger partial charge in [0.2, 0.25) is 5.91 Å². The number of carbonyl (C=O) groups excluding carboxylic acids is 1. The van der Waals surface area contributed by atoms with Gasteiger partial charge < -0.3 is 15.0 Å². The van der Waals surface area contributed by atoms with Crippen molar-refractivity contribution < 1.29 is 9.53 Å². The summed E-state index contributed by atoms with van der Waals surface area (Å²) in [5.74, 6) is 0.228. The molecule has 1 amide bonds. The molecule has 1 N–H and O–H groups in total. The Hall–Kier alpha value is -0.610. The summed E-state index contributed by atoms with van der Waals surface area (Å²) in [5, 5.41) is 3.07. The number of rotatable bonds is 6. The van der Waals surface area contributed by atoms with Crippen molar-refractivity contribution in [2.45, 2.75) is 32.8 Å². The second kappa shape index (κ2) is 6.80. The van der Waals surface area contributed by atoms with Crippen molar-refractivity contribution >= 4 is 5.91 Å². The van der Waals surface area contributed by atoms with E-state index in [1.807, 2.05) is 18.7 Å². The molecule has 1 aliphatic heterocycles. The molecule has 0 bridgehead atoms. The predicted octanol–water partition coefficient (Wildman–Crippen LogP) is 0.623. The van der Waals surface area contributed by atoms with Crippen LogP contribution in [0.4, 0.5) is 0 Å². The SMILES string of the molecule is CC(C)OCCCCN1CCNCC1=O. The highest BCUT2D eigenvalue weighted by atomic mass is 16.5. The molecule has 4 nitrogen and oxygen atoms in total. The van der Waals surface area contributed by atoms with Gasteiger partial charge in [0.1, 0.15) is 0 Å². The maximum atomic E-state index is 11.4. The van der Waals surface area contributed by atoms with Crippen LogP contribution in [0.3, 0.4) is 0 Å². The highest BCUT2D eigenvalue weighted by Gasteiger charge is 2.16. The average Bonchev–Trinajstić information content (AvgIpc) is 2.20. The number of unbranched alkanes of at least 4 members (excludes halogenated alkanes) is 1. The fourth-order valence-electron chi connectivity index (χ4n) is 1.61. The zero-order valence-electron chi connectivity index (χ0n) is 9.79. The number of ether oxygens (including phenoxy) is 1. The van der Waals surface area contributed by atoms with Crippen molar-refractivity contribution in [2.75, 3.05) is 32.8 Å². The molecule has 4 heteroatoms. The van der Waals surface area contributed by atoms with Crippen LogP contribution in [0.25, 0.3) is 0 Å². The molecule has 1 fully saturated rings. The van der Waals surface area contributed by atoms with Gasteiger partial charge in [0.25, 0.3) is 0 Å². The van der Waals surface area contributed by atoms with Crippen LogP contribution in [0.2, 0.25) is 0 Å². The van der Waals surface area contributed by atoms with Crippen LogP contribution in [0, 0.1) is 0 Å². The van der Waals surface area contributed by atoms with Crippen LogP contribution in [-0.2, 0) is 9.53 Å². The minimum absolute atomic E-state index is 0.228. The van der Waals surface area contributed by atoms with E-state index in [1.54, 1.807) is 0 Å². The van der Waals surface area contributed by atoms with Crippen molar-refractivity contribution in [3.8, 4) is 0 Å². The Morgan fingerprint density at radius 1 is 1.47 bits per heavy atom. The number of piperazine rings is 1. The molecule has 0 aromatic heterocycles. The summed E-state index contributed by atoms with van der Waals surface area (Å²) in [7, 11) is 0. The van der Waals surface area contributed by atoms with Crippen LogP contribution < -0.4 is 5.32 Å². The Kier molecular flexibility index (Phi) is 5.65. The quantitative estimate of drug-likeness (QED) is 0.659. The second-order valence-electron chi connectivity index (χ2n) is 4.18. The lowest BCUT2D eigenvalue weighted by atomic mass is 10.2. The van der Waals surface area contributed by atoms with Crippen LogP contribution in [0.5, 0.6) is 0 Å². The molecular formula is C11H22N2O2. The van der Waals surface area contributed by atoms with E-state index in [1.165, 1.54) is 0 Å². The summed E-state index contributed by atoms with van der Waals surface area (Å²) in [6.45, 7) is 8.04. The Balaban J connectivity index is 2.01. The molecule has 0 saturated carbocycles.